The van der Waals surface area contributed by atoms with E-state index in [0.29, 0.717) is 0 Å². The molecular formula is C13H16BrNO. The predicted molar refractivity (Wildman–Crippen MR) is 67.8 cm³/mol. The lowest BCUT2D eigenvalue weighted by Gasteiger charge is -2.17. The fourth-order valence-corrected chi connectivity index (χ4v) is 3.65. The summed E-state index contributed by atoms with van der Waals surface area (Å²) in [6.07, 6.45) is 5.69. The van der Waals surface area contributed by atoms with E-state index in [2.05, 4.69) is 22.0 Å². The maximum atomic E-state index is 6.26. The first-order valence-electron chi connectivity index (χ1n) is 6.00. The van der Waals surface area contributed by atoms with Crippen molar-refractivity contribution in [3.05, 3.63) is 27.2 Å². The van der Waals surface area contributed by atoms with Crippen LogP contribution in [0.4, 0.5) is 0 Å². The number of rotatable bonds is 0. The number of fused-ring (bicyclic) bond motifs is 3. The maximum Gasteiger partial charge on any atom is 0.126 e. The van der Waals surface area contributed by atoms with Gasteiger partial charge in [0.2, 0.25) is 0 Å². The highest BCUT2D eigenvalue weighted by molar-refractivity contribution is 9.10. The minimum absolute atomic E-state index is 0.168. The normalized spacial score (nSPS) is 23.2. The molecule has 1 aromatic rings. The second-order valence-electron chi connectivity index (χ2n) is 4.69. The van der Waals surface area contributed by atoms with Crippen LogP contribution < -0.4 is 10.5 Å². The van der Waals surface area contributed by atoms with Crippen LogP contribution in [0.25, 0.3) is 0 Å². The molecule has 1 atom stereocenters. The Morgan fingerprint density at radius 1 is 1.31 bits per heavy atom. The van der Waals surface area contributed by atoms with Crippen molar-refractivity contribution in [3.8, 4) is 5.75 Å². The summed E-state index contributed by atoms with van der Waals surface area (Å²) in [6.45, 7) is 0.827. The van der Waals surface area contributed by atoms with Gasteiger partial charge in [-0.1, -0.05) is 22.4 Å². The maximum absolute atomic E-state index is 6.26. The van der Waals surface area contributed by atoms with Crippen LogP contribution >= 0.6 is 15.9 Å². The molecule has 1 aromatic carbocycles. The van der Waals surface area contributed by atoms with Gasteiger partial charge in [0.05, 0.1) is 6.61 Å². The standard InChI is InChI=1S/C13H16BrNO/c14-10-7-8-5-6-16-13(8)9-3-1-2-4-11(15)12(9)10/h7,11H,1-6,15H2/t11-/m0/s1. The van der Waals surface area contributed by atoms with E-state index in [1.165, 1.54) is 34.0 Å². The van der Waals surface area contributed by atoms with Crippen LogP contribution in [0.5, 0.6) is 5.75 Å². The van der Waals surface area contributed by atoms with Crippen molar-refractivity contribution in [1.29, 1.82) is 0 Å². The Morgan fingerprint density at radius 3 is 3.06 bits per heavy atom. The second-order valence-corrected chi connectivity index (χ2v) is 5.54. The molecule has 2 nitrogen and oxygen atoms in total. The molecule has 1 heterocycles. The molecule has 0 bridgehead atoms. The van der Waals surface area contributed by atoms with E-state index < -0.39 is 0 Å². The molecule has 3 heteroatoms. The molecule has 86 valence electrons. The van der Waals surface area contributed by atoms with Gasteiger partial charge < -0.3 is 10.5 Å². The highest BCUT2D eigenvalue weighted by Gasteiger charge is 2.26. The summed E-state index contributed by atoms with van der Waals surface area (Å²) in [5.41, 5.74) is 10.3. The van der Waals surface area contributed by atoms with Crippen LogP contribution in [0.3, 0.4) is 0 Å². The van der Waals surface area contributed by atoms with Gasteiger partial charge in [-0.25, -0.2) is 0 Å². The molecule has 1 aliphatic carbocycles. The van der Waals surface area contributed by atoms with Crippen LogP contribution in [0, 0.1) is 0 Å². The summed E-state index contributed by atoms with van der Waals surface area (Å²) in [6, 6.07) is 2.37. The van der Waals surface area contributed by atoms with Gasteiger partial charge in [-0.2, -0.15) is 0 Å². The molecule has 0 amide bonds. The molecule has 2 aliphatic rings. The summed E-state index contributed by atoms with van der Waals surface area (Å²) < 4.78 is 6.96. The van der Waals surface area contributed by atoms with E-state index in [0.717, 1.165) is 31.6 Å². The molecule has 0 fully saturated rings. The number of ether oxygens (including phenoxy) is 1. The zero-order valence-corrected chi connectivity index (χ0v) is 10.8. The van der Waals surface area contributed by atoms with Crippen molar-refractivity contribution in [2.45, 2.75) is 38.1 Å². The van der Waals surface area contributed by atoms with Gasteiger partial charge in [0.25, 0.3) is 0 Å². The van der Waals surface area contributed by atoms with Crippen molar-refractivity contribution in [2.24, 2.45) is 5.73 Å². The third-order valence-corrected chi connectivity index (χ3v) is 4.29. The van der Waals surface area contributed by atoms with Crippen LogP contribution in [0.15, 0.2) is 10.5 Å². The Hall–Kier alpha value is -0.540. The van der Waals surface area contributed by atoms with Gasteiger partial charge in [-0.15, -0.1) is 0 Å². The van der Waals surface area contributed by atoms with E-state index in [1.54, 1.807) is 0 Å². The lowest BCUT2D eigenvalue weighted by Crippen LogP contribution is -2.12. The minimum Gasteiger partial charge on any atom is -0.493 e. The first-order chi connectivity index (χ1) is 7.77. The minimum atomic E-state index is 0.168. The van der Waals surface area contributed by atoms with Crippen LogP contribution in [0.2, 0.25) is 0 Å². The summed E-state index contributed by atoms with van der Waals surface area (Å²) >= 11 is 3.68. The number of hydrogen-bond acceptors (Lipinski definition) is 2. The molecule has 0 saturated carbocycles. The fourth-order valence-electron chi connectivity index (χ4n) is 2.84. The van der Waals surface area contributed by atoms with Gasteiger partial charge >= 0.3 is 0 Å². The SMILES string of the molecule is N[C@H]1CCCCc2c3c(cc(Br)c21)CCO3. The Balaban J connectivity index is 2.21. The average molecular weight is 282 g/mol. The lowest BCUT2D eigenvalue weighted by molar-refractivity contribution is 0.353. The quantitative estimate of drug-likeness (QED) is 0.742. The highest BCUT2D eigenvalue weighted by Crippen LogP contribution is 2.42. The van der Waals surface area contributed by atoms with Crippen LogP contribution in [-0.4, -0.2) is 6.61 Å². The smallest absolute Gasteiger partial charge is 0.126 e. The van der Waals surface area contributed by atoms with Crippen LogP contribution in [0.1, 0.15) is 42.0 Å². The number of benzene rings is 1. The monoisotopic (exact) mass is 281 g/mol. The molecular weight excluding hydrogens is 266 g/mol. The molecule has 0 spiro atoms. The fraction of sp³-hybridized carbons (Fsp3) is 0.538. The topological polar surface area (TPSA) is 35.2 Å². The van der Waals surface area contributed by atoms with E-state index in [4.69, 9.17) is 10.5 Å². The summed E-state index contributed by atoms with van der Waals surface area (Å²) in [5.74, 6) is 1.13. The summed E-state index contributed by atoms with van der Waals surface area (Å²) in [7, 11) is 0. The van der Waals surface area contributed by atoms with Gasteiger partial charge in [0.1, 0.15) is 5.75 Å². The van der Waals surface area contributed by atoms with Gasteiger partial charge in [0.15, 0.2) is 0 Å². The van der Waals surface area contributed by atoms with Crippen molar-refractivity contribution in [1.82, 2.24) is 0 Å². The molecule has 16 heavy (non-hydrogen) atoms. The second kappa shape index (κ2) is 4.04. The summed E-state index contributed by atoms with van der Waals surface area (Å²) in [4.78, 5) is 0. The number of nitrogens with two attached hydrogens (primary N) is 1. The molecule has 0 radical (unpaired) electrons. The van der Waals surface area contributed by atoms with E-state index >= 15 is 0 Å². The van der Waals surface area contributed by atoms with Crippen molar-refractivity contribution in [3.63, 3.8) is 0 Å². The van der Waals surface area contributed by atoms with Crippen molar-refractivity contribution < 1.29 is 4.74 Å². The lowest BCUT2D eigenvalue weighted by atomic mass is 9.96. The zero-order valence-electron chi connectivity index (χ0n) is 9.26. The van der Waals surface area contributed by atoms with E-state index in [-0.39, 0.29) is 6.04 Å². The average Bonchev–Trinajstić information content (AvgIpc) is 2.62. The third-order valence-electron chi connectivity index (χ3n) is 3.63. The van der Waals surface area contributed by atoms with Gasteiger partial charge in [0, 0.05) is 22.5 Å². The van der Waals surface area contributed by atoms with E-state index in [9.17, 15) is 0 Å². The van der Waals surface area contributed by atoms with E-state index in [1.807, 2.05) is 0 Å². The zero-order chi connectivity index (χ0) is 11.1. The third kappa shape index (κ3) is 1.57. The molecule has 0 unspecified atom stereocenters. The Labute approximate surface area is 104 Å². The number of halogens is 1. The van der Waals surface area contributed by atoms with Crippen molar-refractivity contribution in [2.75, 3.05) is 6.61 Å². The van der Waals surface area contributed by atoms with Crippen molar-refractivity contribution >= 4 is 15.9 Å². The summed E-state index contributed by atoms with van der Waals surface area (Å²) in [5, 5.41) is 0. The predicted octanol–water partition coefficient (Wildman–Crippen LogP) is 3.11. The first kappa shape index (κ1) is 10.6. The largest absolute Gasteiger partial charge is 0.493 e. The van der Waals surface area contributed by atoms with Crippen LogP contribution in [-0.2, 0) is 12.8 Å². The molecule has 0 aromatic heterocycles. The Bertz CT molecular complexity index is 430. The Morgan fingerprint density at radius 2 is 2.19 bits per heavy atom. The molecule has 0 saturated heterocycles. The van der Waals surface area contributed by atoms with Gasteiger partial charge in [-0.3, -0.25) is 0 Å². The Kier molecular flexibility index (Phi) is 2.68. The molecule has 1 aliphatic heterocycles. The first-order valence-corrected chi connectivity index (χ1v) is 6.79. The molecule has 3 rings (SSSR count). The highest BCUT2D eigenvalue weighted by atomic mass is 79.9. The number of hydrogen-bond donors (Lipinski definition) is 1. The van der Waals surface area contributed by atoms with Gasteiger partial charge in [-0.05, 0) is 36.5 Å². The molecule has 2 N–H and O–H groups in total.